The lowest BCUT2D eigenvalue weighted by molar-refractivity contribution is 0.0991. The number of nitrogens with one attached hydrogen (secondary N) is 1. The maximum atomic E-state index is 11.8. The molecule has 4 heteroatoms. The van der Waals surface area contributed by atoms with Gasteiger partial charge in [-0.25, -0.2) is 0 Å². The van der Waals surface area contributed by atoms with E-state index in [-0.39, 0.29) is 12.4 Å². The second-order valence-electron chi connectivity index (χ2n) is 4.11. The molecule has 4 nitrogen and oxygen atoms in total. The number of carbonyl (C=O) groups is 1. The quantitative estimate of drug-likeness (QED) is 0.517. The van der Waals surface area contributed by atoms with Gasteiger partial charge in [0.1, 0.15) is 5.75 Å². The van der Waals surface area contributed by atoms with Crippen LogP contribution >= 0.6 is 0 Å². The molecule has 0 aliphatic heterocycles. The molecule has 0 saturated carbocycles. The van der Waals surface area contributed by atoms with Crippen molar-refractivity contribution in [2.75, 3.05) is 26.8 Å². The number of aliphatic hydroxyl groups excluding tert-OH is 1. The smallest absolute Gasteiger partial charge is 0.176 e. The third-order valence-electron chi connectivity index (χ3n) is 2.71. The van der Waals surface area contributed by atoms with Crippen molar-refractivity contribution in [3.8, 4) is 5.75 Å². The van der Waals surface area contributed by atoms with E-state index in [1.165, 1.54) is 0 Å². The Morgan fingerprint density at radius 2 is 1.94 bits per heavy atom. The molecule has 0 spiro atoms. The molecule has 0 bridgehead atoms. The van der Waals surface area contributed by atoms with Crippen LogP contribution in [0.3, 0.4) is 0 Å². The summed E-state index contributed by atoms with van der Waals surface area (Å²) in [7, 11) is 1.60. The number of unbranched alkanes of at least 4 members (excludes halogenated alkanes) is 2. The van der Waals surface area contributed by atoms with Gasteiger partial charge in [-0.15, -0.1) is 0 Å². The fourth-order valence-corrected chi connectivity index (χ4v) is 1.62. The van der Waals surface area contributed by atoms with Crippen LogP contribution in [0.1, 0.15) is 29.6 Å². The normalized spacial score (nSPS) is 10.3. The lowest BCUT2D eigenvalue weighted by Crippen LogP contribution is -2.24. The van der Waals surface area contributed by atoms with Crippen LogP contribution in [-0.2, 0) is 0 Å². The first-order chi connectivity index (χ1) is 8.77. The standard InChI is InChI=1S/C14H21NO3/c1-18-13-7-5-12(6-8-13)14(17)11-15-9-3-2-4-10-16/h5-8,15-16H,2-4,9-11H2,1H3. The van der Waals surface area contributed by atoms with Gasteiger partial charge in [0.2, 0.25) is 0 Å². The largest absolute Gasteiger partial charge is 0.497 e. The van der Waals surface area contributed by atoms with E-state index in [9.17, 15) is 4.79 Å². The van der Waals surface area contributed by atoms with Crippen molar-refractivity contribution in [3.05, 3.63) is 29.8 Å². The van der Waals surface area contributed by atoms with E-state index in [4.69, 9.17) is 9.84 Å². The van der Waals surface area contributed by atoms with E-state index >= 15 is 0 Å². The molecule has 1 aromatic rings. The Morgan fingerprint density at radius 3 is 2.56 bits per heavy atom. The Labute approximate surface area is 108 Å². The monoisotopic (exact) mass is 251 g/mol. The summed E-state index contributed by atoms with van der Waals surface area (Å²) in [5, 5.41) is 11.7. The van der Waals surface area contributed by atoms with Crippen LogP contribution in [0.25, 0.3) is 0 Å². The minimum absolute atomic E-state index is 0.0832. The molecular weight excluding hydrogens is 230 g/mol. The number of Topliss-reactive ketones (excluding diaryl/α,β-unsaturated/α-hetero) is 1. The number of carbonyl (C=O) groups excluding carboxylic acids is 1. The number of ether oxygens (including phenoxy) is 1. The van der Waals surface area contributed by atoms with E-state index < -0.39 is 0 Å². The molecule has 0 fully saturated rings. The van der Waals surface area contributed by atoms with Gasteiger partial charge in [-0.05, 0) is 50.1 Å². The number of methoxy groups -OCH3 is 1. The highest BCUT2D eigenvalue weighted by atomic mass is 16.5. The van der Waals surface area contributed by atoms with Crippen molar-refractivity contribution in [2.45, 2.75) is 19.3 Å². The van der Waals surface area contributed by atoms with E-state index in [0.29, 0.717) is 12.1 Å². The second-order valence-corrected chi connectivity index (χ2v) is 4.11. The molecule has 0 amide bonds. The molecule has 0 aliphatic rings. The van der Waals surface area contributed by atoms with Crippen LogP contribution < -0.4 is 10.1 Å². The Hall–Kier alpha value is -1.39. The fraction of sp³-hybridized carbons (Fsp3) is 0.500. The van der Waals surface area contributed by atoms with Crippen LogP contribution in [0.15, 0.2) is 24.3 Å². The van der Waals surface area contributed by atoms with Crippen molar-refractivity contribution in [1.29, 1.82) is 0 Å². The number of hydrogen-bond acceptors (Lipinski definition) is 4. The van der Waals surface area contributed by atoms with Crippen molar-refractivity contribution >= 4 is 5.78 Å². The first-order valence-electron chi connectivity index (χ1n) is 6.26. The van der Waals surface area contributed by atoms with Crippen molar-refractivity contribution < 1.29 is 14.6 Å². The maximum Gasteiger partial charge on any atom is 0.176 e. The molecule has 18 heavy (non-hydrogen) atoms. The zero-order valence-electron chi connectivity index (χ0n) is 10.8. The Bertz CT molecular complexity index is 349. The molecule has 0 aromatic heterocycles. The van der Waals surface area contributed by atoms with Gasteiger partial charge in [0.05, 0.1) is 13.7 Å². The predicted molar refractivity (Wildman–Crippen MR) is 71.1 cm³/mol. The summed E-state index contributed by atoms with van der Waals surface area (Å²) in [6.07, 6.45) is 2.80. The summed E-state index contributed by atoms with van der Waals surface area (Å²) in [5.41, 5.74) is 0.693. The van der Waals surface area contributed by atoms with E-state index in [1.54, 1.807) is 31.4 Å². The molecule has 1 rings (SSSR count). The molecule has 100 valence electrons. The summed E-state index contributed by atoms with van der Waals surface area (Å²) < 4.78 is 5.04. The molecule has 0 aliphatic carbocycles. The molecule has 0 saturated heterocycles. The van der Waals surface area contributed by atoms with Gasteiger partial charge in [0, 0.05) is 12.2 Å². The summed E-state index contributed by atoms with van der Waals surface area (Å²) in [5.74, 6) is 0.836. The average molecular weight is 251 g/mol. The minimum atomic E-state index is 0.0832. The average Bonchev–Trinajstić information content (AvgIpc) is 2.42. The Kier molecular flexibility index (Phi) is 7.06. The number of rotatable bonds is 9. The minimum Gasteiger partial charge on any atom is -0.497 e. The summed E-state index contributed by atoms with van der Waals surface area (Å²) >= 11 is 0. The van der Waals surface area contributed by atoms with Crippen LogP contribution in [0.4, 0.5) is 0 Å². The van der Waals surface area contributed by atoms with Crippen molar-refractivity contribution in [2.24, 2.45) is 0 Å². The van der Waals surface area contributed by atoms with Gasteiger partial charge in [-0.2, -0.15) is 0 Å². The molecule has 0 radical (unpaired) electrons. The van der Waals surface area contributed by atoms with Crippen molar-refractivity contribution in [3.63, 3.8) is 0 Å². The van der Waals surface area contributed by atoms with E-state index in [2.05, 4.69) is 5.32 Å². The Morgan fingerprint density at radius 1 is 1.22 bits per heavy atom. The molecule has 2 N–H and O–H groups in total. The van der Waals surface area contributed by atoms with E-state index in [1.807, 2.05) is 0 Å². The van der Waals surface area contributed by atoms with Crippen LogP contribution in [-0.4, -0.2) is 37.7 Å². The molecule has 0 unspecified atom stereocenters. The lowest BCUT2D eigenvalue weighted by Gasteiger charge is -2.05. The van der Waals surface area contributed by atoms with Crippen LogP contribution in [0, 0.1) is 0 Å². The van der Waals surface area contributed by atoms with Gasteiger partial charge >= 0.3 is 0 Å². The van der Waals surface area contributed by atoms with Gasteiger partial charge in [-0.1, -0.05) is 0 Å². The third-order valence-corrected chi connectivity index (χ3v) is 2.71. The second kappa shape index (κ2) is 8.66. The fourth-order valence-electron chi connectivity index (χ4n) is 1.62. The highest BCUT2D eigenvalue weighted by Crippen LogP contribution is 2.11. The highest BCUT2D eigenvalue weighted by molar-refractivity contribution is 5.97. The lowest BCUT2D eigenvalue weighted by atomic mass is 10.1. The molecule has 1 aromatic carbocycles. The first kappa shape index (κ1) is 14.7. The van der Waals surface area contributed by atoms with Crippen LogP contribution in [0.2, 0.25) is 0 Å². The number of benzene rings is 1. The summed E-state index contributed by atoms with van der Waals surface area (Å²) in [6.45, 7) is 1.40. The zero-order chi connectivity index (χ0) is 13.2. The third kappa shape index (κ3) is 5.29. The van der Waals surface area contributed by atoms with Gasteiger partial charge in [0.25, 0.3) is 0 Å². The summed E-state index contributed by atoms with van der Waals surface area (Å²) in [4.78, 5) is 11.8. The van der Waals surface area contributed by atoms with Gasteiger partial charge in [-0.3, -0.25) is 4.79 Å². The van der Waals surface area contributed by atoms with Crippen molar-refractivity contribution in [1.82, 2.24) is 5.32 Å². The zero-order valence-corrected chi connectivity index (χ0v) is 10.8. The molecular formula is C14H21NO3. The number of aliphatic hydroxyl groups is 1. The SMILES string of the molecule is COc1ccc(C(=O)CNCCCCCO)cc1. The number of ketones is 1. The molecule has 0 heterocycles. The topological polar surface area (TPSA) is 58.6 Å². The number of hydrogen-bond donors (Lipinski definition) is 2. The summed E-state index contributed by atoms with van der Waals surface area (Å²) in [6, 6.07) is 7.12. The first-order valence-corrected chi connectivity index (χ1v) is 6.26. The van der Waals surface area contributed by atoms with E-state index in [0.717, 1.165) is 31.6 Å². The molecule has 0 atom stereocenters. The predicted octanol–water partition coefficient (Wildman–Crippen LogP) is 1.63. The highest BCUT2D eigenvalue weighted by Gasteiger charge is 2.04. The maximum absolute atomic E-state index is 11.8. The van der Waals surface area contributed by atoms with Gasteiger partial charge in [0.15, 0.2) is 5.78 Å². The Balaban J connectivity index is 2.23. The van der Waals surface area contributed by atoms with Crippen LogP contribution in [0.5, 0.6) is 5.75 Å². The van der Waals surface area contributed by atoms with Gasteiger partial charge < -0.3 is 15.2 Å².